The van der Waals surface area contributed by atoms with Crippen LogP contribution in [0.2, 0.25) is 5.02 Å². The summed E-state index contributed by atoms with van der Waals surface area (Å²) in [5.41, 5.74) is 0. The van der Waals surface area contributed by atoms with Crippen LogP contribution in [0.25, 0.3) is 0 Å². The van der Waals surface area contributed by atoms with Crippen LogP contribution in [0, 0.1) is 6.92 Å². The fourth-order valence-electron chi connectivity index (χ4n) is 1.10. The lowest BCUT2D eigenvalue weighted by Gasteiger charge is -2.04. The van der Waals surface area contributed by atoms with Gasteiger partial charge < -0.3 is 4.74 Å². The molecule has 0 radical (unpaired) electrons. The van der Waals surface area contributed by atoms with E-state index < -0.39 is 0 Å². The molecule has 0 saturated carbocycles. The van der Waals surface area contributed by atoms with E-state index in [1.54, 1.807) is 24.5 Å². The second-order valence-electron chi connectivity index (χ2n) is 3.03. The number of hydrogen-bond donors (Lipinski definition) is 0. The summed E-state index contributed by atoms with van der Waals surface area (Å²) in [4.78, 5) is 8.06. The summed E-state index contributed by atoms with van der Waals surface area (Å²) < 4.78 is 5.50. The number of aromatic nitrogens is 2. The van der Waals surface area contributed by atoms with Gasteiger partial charge in [-0.05, 0) is 25.1 Å². The summed E-state index contributed by atoms with van der Waals surface area (Å²) in [5, 5.41) is 0.639. The van der Waals surface area contributed by atoms with Gasteiger partial charge >= 0.3 is 0 Å². The van der Waals surface area contributed by atoms with Crippen molar-refractivity contribution in [1.82, 2.24) is 9.97 Å². The molecule has 0 saturated heterocycles. The molecule has 0 atom stereocenters. The standard InChI is InChI=1S/C11H9ClN2O/c1-8-13-6-11(7-14-8)15-10-4-2-3-9(12)5-10/h2-7H,1H3. The highest BCUT2D eigenvalue weighted by atomic mass is 35.5. The molecule has 1 aromatic heterocycles. The molecule has 4 heteroatoms. The van der Waals surface area contributed by atoms with Crippen LogP contribution in [0.5, 0.6) is 11.5 Å². The van der Waals surface area contributed by atoms with Crippen LogP contribution >= 0.6 is 11.6 Å². The summed E-state index contributed by atoms with van der Waals surface area (Å²) >= 11 is 5.83. The molecule has 0 bridgehead atoms. The van der Waals surface area contributed by atoms with E-state index in [0.29, 0.717) is 22.3 Å². The normalized spacial score (nSPS) is 10.0. The molecule has 76 valence electrons. The third-order valence-corrected chi connectivity index (χ3v) is 2.02. The van der Waals surface area contributed by atoms with E-state index in [4.69, 9.17) is 16.3 Å². The Morgan fingerprint density at radius 1 is 1.13 bits per heavy atom. The highest BCUT2D eigenvalue weighted by Crippen LogP contribution is 2.22. The number of rotatable bonds is 2. The van der Waals surface area contributed by atoms with Gasteiger partial charge in [0, 0.05) is 5.02 Å². The zero-order chi connectivity index (χ0) is 10.7. The predicted molar refractivity (Wildman–Crippen MR) is 58.3 cm³/mol. The Bertz CT molecular complexity index is 456. The number of halogens is 1. The van der Waals surface area contributed by atoms with Crippen LogP contribution in [0.15, 0.2) is 36.7 Å². The average molecular weight is 221 g/mol. The molecule has 0 unspecified atom stereocenters. The van der Waals surface area contributed by atoms with Gasteiger partial charge in [-0.3, -0.25) is 0 Å². The molecule has 1 heterocycles. The monoisotopic (exact) mass is 220 g/mol. The molecular formula is C11H9ClN2O. The number of ether oxygens (including phenoxy) is 1. The van der Waals surface area contributed by atoms with E-state index >= 15 is 0 Å². The van der Waals surface area contributed by atoms with Gasteiger partial charge in [0.05, 0.1) is 12.4 Å². The second kappa shape index (κ2) is 4.28. The molecule has 0 N–H and O–H groups in total. The first-order valence-electron chi connectivity index (χ1n) is 4.46. The molecular weight excluding hydrogens is 212 g/mol. The number of hydrogen-bond acceptors (Lipinski definition) is 3. The minimum Gasteiger partial charge on any atom is -0.454 e. The number of benzene rings is 1. The molecule has 0 fully saturated rings. The third-order valence-electron chi connectivity index (χ3n) is 1.79. The lowest BCUT2D eigenvalue weighted by molar-refractivity contribution is 0.477. The fraction of sp³-hybridized carbons (Fsp3) is 0.0909. The van der Waals surface area contributed by atoms with Gasteiger partial charge in [-0.2, -0.15) is 0 Å². The summed E-state index contributed by atoms with van der Waals surface area (Å²) in [6.45, 7) is 1.82. The lowest BCUT2D eigenvalue weighted by Crippen LogP contribution is -1.89. The Hall–Kier alpha value is -1.61. The van der Waals surface area contributed by atoms with Crippen molar-refractivity contribution in [3.05, 3.63) is 47.5 Å². The molecule has 2 aromatic rings. The van der Waals surface area contributed by atoms with Crippen molar-refractivity contribution in [3.8, 4) is 11.5 Å². The summed E-state index contributed by atoms with van der Waals surface area (Å²) in [6, 6.07) is 7.18. The molecule has 0 amide bonds. The van der Waals surface area contributed by atoms with Crippen LogP contribution < -0.4 is 4.74 Å². The number of aryl methyl sites for hydroxylation is 1. The Morgan fingerprint density at radius 3 is 2.53 bits per heavy atom. The van der Waals surface area contributed by atoms with Crippen molar-refractivity contribution < 1.29 is 4.74 Å². The fourth-order valence-corrected chi connectivity index (χ4v) is 1.28. The topological polar surface area (TPSA) is 35.0 Å². The van der Waals surface area contributed by atoms with Crippen molar-refractivity contribution in [2.24, 2.45) is 0 Å². The third kappa shape index (κ3) is 2.67. The van der Waals surface area contributed by atoms with E-state index in [1.165, 1.54) is 0 Å². The largest absolute Gasteiger partial charge is 0.454 e. The highest BCUT2D eigenvalue weighted by molar-refractivity contribution is 6.30. The van der Waals surface area contributed by atoms with Crippen molar-refractivity contribution in [2.45, 2.75) is 6.92 Å². The van der Waals surface area contributed by atoms with Gasteiger partial charge in [0.25, 0.3) is 0 Å². The van der Waals surface area contributed by atoms with E-state index in [9.17, 15) is 0 Å². The van der Waals surface area contributed by atoms with Crippen molar-refractivity contribution >= 4 is 11.6 Å². The average Bonchev–Trinajstić information content (AvgIpc) is 2.22. The first-order chi connectivity index (χ1) is 7.24. The summed E-state index contributed by atoms with van der Waals surface area (Å²) in [7, 11) is 0. The minimum absolute atomic E-state index is 0.600. The lowest BCUT2D eigenvalue weighted by atomic mass is 10.3. The first-order valence-corrected chi connectivity index (χ1v) is 4.84. The maximum atomic E-state index is 5.83. The van der Waals surface area contributed by atoms with Gasteiger partial charge in [0.1, 0.15) is 11.6 Å². The van der Waals surface area contributed by atoms with Gasteiger partial charge in [0.2, 0.25) is 0 Å². The van der Waals surface area contributed by atoms with E-state index in [2.05, 4.69) is 9.97 Å². The minimum atomic E-state index is 0.600. The van der Waals surface area contributed by atoms with Crippen LogP contribution in [-0.2, 0) is 0 Å². The van der Waals surface area contributed by atoms with Crippen molar-refractivity contribution in [1.29, 1.82) is 0 Å². The molecule has 15 heavy (non-hydrogen) atoms. The molecule has 3 nitrogen and oxygen atoms in total. The second-order valence-corrected chi connectivity index (χ2v) is 3.46. The molecule has 0 aliphatic rings. The van der Waals surface area contributed by atoms with Crippen LogP contribution in [0.4, 0.5) is 0 Å². The van der Waals surface area contributed by atoms with Gasteiger partial charge in [-0.25, -0.2) is 9.97 Å². The maximum absolute atomic E-state index is 5.83. The zero-order valence-electron chi connectivity index (χ0n) is 8.14. The SMILES string of the molecule is Cc1ncc(Oc2cccc(Cl)c2)cn1. The van der Waals surface area contributed by atoms with Crippen LogP contribution in [0.1, 0.15) is 5.82 Å². The van der Waals surface area contributed by atoms with Gasteiger partial charge in [-0.1, -0.05) is 17.7 Å². The Labute approximate surface area is 92.7 Å². The van der Waals surface area contributed by atoms with Crippen molar-refractivity contribution in [3.63, 3.8) is 0 Å². The molecule has 0 spiro atoms. The molecule has 2 rings (SSSR count). The van der Waals surface area contributed by atoms with E-state index in [1.807, 2.05) is 19.1 Å². The van der Waals surface area contributed by atoms with Gasteiger partial charge in [-0.15, -0.1) is 0 Å². The Kier molecular flexibility index (Phi) is 2.83. The van der Waals surface area contributed by atoms with Crippen molar-refractivity contribution in [2.75, 3.05) is 0 Å². The smallest absolute Gasteiger partial charge is 0.164 e. The van der Waals surface area contributed by atoms with E-state index in [0.717, 1.165) is 0 Å². The molecule has 0 aliphatic carbocycles. The summed E-state index contributed by atoms with van der Waals surface area (Å²) in [5.74, 6) is 1.99. The molecule has 0 aliphatic heterocycles. The Morgan fingerprint density at radius 2 is 1.87 bits per heavy atom. The Balaban J connectivity index is 2.18. The predicted octanol–water partition coefficient (Wildman–Crippen LogP) is 3.23. The molecule has 1 aromatic carbocycles. The van der Waals surface area contributed by atoms with Crippen LogP contribution in [-0.4, -0.2) is 9.97 Å². The first kappa shape index (κ1) is 9.93. The van der Waals surface area contributed by atoms with E-state index in [-0.39, 0.29) is 0 Å². The zero-order valence-corrected chi connectivity index (χ0v) is 8.90. The highest BCUT2D eigenvalue weighted by Gasteiger charge is 1.98. The quantitative estimate of drug-likeness (QED) is 0.780. The number of nitrogens with zero attached hydrogens (tertiary/aromatic N) is 2. The summed E-state index contributed by atoms with van der Waals surface area (Å²) in [6.07, 6.45) is 3.26. The maximum Gasteiger partial charge on any atom is 0.164 e. The van der Waals surface area contributed by atoms with Crippen LogP contribution in [0.3, 0.4) is 0 Å². The van der Waals surface area contributed by atoms with Gasteiger partial charge in [0.15, 0.2) is 5.75 Å².